The molecule has 1 aromatic carbocycles. The summed E-state index contributed by atoms with van der Waals surface area (Å²) in [5.41, 5.74) is -0.0897. The summed E-state index contributed by atoms with van der Waals surface area (Å²) in [6.45, 7) is 8.88. The summed E-state index contributed by atoms with van der Waals surface area (Å²) < 4.78 is 5.05. The van der Waals surface area contributed by atoms with E-state index in [1.807, 2.05) is 6.07 Å². The zero-order valence-corrected chi connectivity index (χ0v) is 10.9. The quantitative estimate of drug-likeness (QED) is 0.836. The molecule has 1 N–H and O–H groups in total. The monoisotopic (exact) mass is 248 g/mol. The zero-order valence-electron chi connectivity index (χ0n) is 10.9. The summed E-state index contributed by atoms with van der Waals surface area (Å²) >= 11 is 0. The molecule has 1 radical (unpaired) electrons. The number of ketones is 1. The highest BCUT2D eigenvalue weighted by atomic mass is 16.6. The Balaban J connectivity index is 2.59. The minimum Gasteiger partial charge on any atom is -0.444 e. The van der Waals surface area contributed by atoms with Gasteiger partial charge in [-0.2, -0.15) is 0 Å². The first-order valence-electron chi connectivity index (χ1n) is 5.71. The van der Waals surface area contributed by atoms with Gasteiger partial charge in [0.15, 0.2) is 5.78 Å². The SMILES string of the molecule is [CH2]C(NC(=O)OC(C)(C)C)C(=O)c1ccccc1. The van der Waals surface area contributed by atoms with Crippen LogP contribution in [0.3, 0.4) is 0 Å². The Morgan fingerprint density at radius 3 is 2.28 bits per heavy atom. The van der Waals surface area contributed by atoms with Gasteiger partial charge in [-0.05, 0) is 27.7 Å². The van der Waals surface area contributed by atoms with E-state index in [2.05, 4.69) is 12.2 Å². The molecule has 0 heterocycles. The van der Waals surface area contributed by atoms with Crippen LogP contribution in [0.5, 0.6) is 0 Å². The van der Waals surface area contributed by atoms with Crippen molar-refractivity contribution < 1.29 is 14.3 Å². The number of hydrogen-bond acceptors (Lipinski definition) is 3. The minimum atomic E-state index is -0.859. The largest absolute Gasteiger partial charge is 0.444 e. The van der Waals surface area contributed by atoms with E-state index in [1.165, 1.54) is 0 Å². The van der Waals surface area contributed by atoms with Gasteiger partial charge in [-0.15, -0.1) is 0 Å². The number of rotatable bonds is 3. The molecule has 0 aliphatic heterocycles. The number of carbonyl (C=O) groups excluding carboxylic acids is 2. The summed E-state index contributed by atoms with van der Waals surface area (Å²) in [7, 11) is 0. The lowest BCUT2D eigenvalue weighted by atomic mass is 10.1. The van der Waals surface area contributed by atoms with Crippen LogP contribution in [0, 0.1) is 6.92 Å². The maximum absolute atomic E-state index is 11.9. The lowest BCUT2D eigenvalue weighted by Gasteiger charge is -2.21. The molecule has 1 aromatic rings. The Bertz CT molecular complexity index is 420. The molecular weight excluding hydrogens is 230 g/mol. The van der Waals surface area contributed by atoms with Gasteiger partial charge in [-0.1, -0.05) is 30.3 Å². The molecule has 0 spiro atoms. The van der Waals surface area contributed by atoms with Gasteiger partial charge in [-0.3, -0.25) is 4.79 Å². The van der Waals surface area contributed by atoms with Gasteiger partial charge in [-0.25, -0.2) is 4.79 Å². The van der Waals surface area contributed by atoms with E-state index in [0.717, 1.165) is 0 Å². The molecule has 4 nitrogen and oxygen atoms in total. The molecule has 0 aliphatic rings. The van der Waals surface area contributed by atoms with Crippen molar-refractivity contribution in [1.29, 1.82) is 0 Å². The molecule has 0 aliphatic carbocycles. The van der Waals surface area contributed by atoms with Crippen LogP contribution in [0.25, 0.3) is 0 Å². The molecule has 1 unspecified atom stereocenters. The third-order valence-corrected chi connectivity index (χ3v) is 2.07. The summed E-state index contributed by atoms with van der Waals surface area (Å²) in [6, 6.07) is 7.83. The van der Waals surface area contributed by atoms with E-state index >= 15 is 0 Å². The molecule has 0 saturated heterocycles. The molecule has 97 valence electrons. The maximum atomic E-state index is 11.9. The normalized spacial score (nSPS) is 12.7. The smallest absolute Gasteiger partial charge is 0.408 e. The molecule has 0 fully saturated rings. The highest BCUT2D eigenvalue weighted by Crippen LogP contribution is 2.08. The van der Waals surface area contributed by atoms with Crippen LogP contribution in [-0.2, 0) is 4.74 Å². The molecule has 1 rings (SSSR count). The lowest BCUT2D eigenvalue weighted by molar-refractivity contribution is 0.0503. The van der Waals surface area contributed by atoms with Crippen LogP contribution in [-0.4, -0.2) is 23.5 Å². The molecule has 1 amide bonds. The molecule has 1 atom stereocenters. The standard InChI is InChI=1S/C14H18NO3/c1-10(15-13(17)18-14(2,3)4)12(16)11-8-6-5-7-9-11/h5-10H,1H2,2-4H3,(H,15,17). The van der Waals surface area contributed by atoms with Crippen LogP contribution in [0.2, 0.25) is 0 Å². The van der Waals surface area contributed by atoms with Crippen LogP contribution in [0.4, 0.5) is 4.79 Å². The molecule has 0 bridgehead atoms. The number of ether oxygens (including phenoxy) is 1. The predicted molar refractivity (Wildman–Crippen MR) is 69.3 cm³/mol. The Morgan fingerprint density at radius 1 is 1.22 bits per heavy atom. The van der Waals surface area contributed by atoms with Crippen molar-refractivity contribution in [2.75, 3.05) is 0 Å². The van der Waals surface area contributed by atoms with Crippen molar-refractivity contribution in [1.82, 2.24) is 5.32 Å². The van der Waals surface area contributed by atoms with Gasteiger partial charge in [0.1, 0.15) is 5.60 Å². The van der Waals surface area contributed by atoms with E-state index in [1.54, 1.807) is 45.0 Å². The Kier molecular flexibility index (Phi) is 4.48. The summed E-state index contributed by atoms with van der Waals surface area (Å²) in [5.74, 6) is -0.249. The van der Waals surface area contributed by atoms with E-state index in [0.29, 0.717) is 5.56 Å². The number of amides is 1. The van der Waals surface area contributed by atoms with Crippen molar-refractivity contribution in [3.05, 3.63) is 42.8 Å². The van der Waals surface area contributed by atoms with Gasteiger partial charge < -0.3 is 10.1 Å². The number of benzene rings is 1. The number of Topliss-reactive ketones (excluding diaryl/α,β-unsaturated/α-hetero) is 1. The van der Waals surface area contributed by atoms with Crippen molar-refractivity contribution >= 4 is 11.9 Å². The van der Waals surface area contributed by atoms with Gasteiger partial charge in [0.25, 0.3) is 0 Å². The van der Waals surface area contributed by atoms with Crippen molar-refractivity contribution in [2.24, 2.45) is 0 Å². The first kappa shape index (κ1) is 14.2. The molecule has 4 heteroatoms. The molecular formula is C14H18NO3. The Morgan fingerprint density at radius 2 is 1.78 bits per heavy atom. The fourth-order valence-corrected chi connectivity index (χ4v) is 1.32. The van der Waals surface area contributed by atoms with Crippen molar-refractivity contribution in [2.45, 2.75) is 32.4 Å². The molecule has 0 aromatic heterocycles. The van der Waals surface area contributed by atoms with Crippen LogP contribution in [0.15, 0.2) is 30.3 Å². The van der Waals surface area contributed by atoms with Gasteiger partial charge in [0.2, 0.25) is 0 Å². The number of nitrogens with one attached hydrogen (secondary N) is 1. The fourth-order valence-electron chi connectivity index (χ4n) is 1.32. The highest BCUT2D eigenvalue weighted by Gasteiger charge is 2.21. The number of alkyl carbamates (subject to hydrolysis) is 1. The first-order valence-corrected chi connectivity index (χ1v) is 5.71. The summed E-state index contributed by atoms with van der Waals surface area (Å²) in [6.07, 6.45) is -0.646. The second-order valence-corrected chi connectivity index (χ2v) is 4.93. The molecule has 0 saturated carbocycles. The first-order chi connectivity index (χ1) is 8.29. The summed E-state index contributed by atoms with van der Waals surface area (Å²) in [5, 5.41) is 2.41. The van der Waals surface area contributed by atoms with E-state index in [-0.39, 0.29) is 5.78 Å². The van der Waals surface area contributed by atoms with Gasteiger partial charge in [0.05, 0.1) is 6.04 Å². The van der Waals surface area contributed by atoms with E-state index in [4.69, 9.17) is 4.74 Å². The Labute approximate surface area is 107 Å². The topological polar surface area (TPSA) is 55.4 Å². The highest BCUT2D eigenvalue weighted by molar-refractivity contribution is 6.01. The van der Waals surface area contributed by atoms with Gasteiger partial charge in [0, 0.05) is 5.56 Å². The maximum Gasteiger partial charge on any atom is 0.408 e. The Hall–Kier alpha value is -1.84. The average molecular weight is 248 g/mol. The third kappa shape index (κ3) is 4.57. The summed E-state index contributed by atoms with van der Waals surface area (Å²) in [4.78, 5) is 23.4. The predicted octanol–water partition coefficient (Wildman–Crippen LogP) is 2.60. The van der Waals surface area contributed by atoms with Crippen molar-refractivity contribution in [3.63, 3.8) is 0 Å². The van der Waals surface area contributed by atoms with E-state index < -0.39 is 17.7 Å². The van der Waals surface area contributed by atoms with Gasteiger partial charge >= 0.3 is 6.09 Å². The minimum absolute atomic E-state index is 0.249. The zero-order chi connectivity index (χ0) is 13.8. The second-order valence-electron chi connectivity index (χ2n) is 4.93. The number of hydrogen-bond donors (Lipinski definition) is 1. The fraction of sp³-hybridized carbons (Fsp3) is 0.357. The second kappa shape index (κ2) is 5.67. The molecule has 18 heavy (non-hydrogen) atoms. The van der Waals surface area contributed by atoms with Crippen LogP contribution in [0.1, 0.15) is 31.1 Å². The lowest BCUT2D eigenvalue weighted by Crippen LogP contribution is -2.41. The van der Waals surface area contributed by atoms with Crippen molar-refractivity contribution in [3.8, 4) is 0 Å². The number of carbonyl (C=O) groups is 2. The van der Waals surface area contributed by atoms with Crippen LogP contribution >= 0.6 is 0 Å². The van der Waals surface area contributed by atoms with E-state index in [9.17, 15) is 9.59 Å². The average Bonchev–Trinajstić information content (AvgIpc) is 2.26. The van der Waals surface area contributed by atoms with Crippen LogP contribution < -0.4 is 5.32 Å². The third-order valence-electron chi connectivity index (χ3n) is 2.07.